The van der Waals surface area contributed by atoms with Crippen molar-refractivity contribution in [2.24, 2.45) is 0 Å². The van der Waals surface area contributed by atoms with Crippen LogP contribution in [0, 0.1) is 0 Å². The van der Waals surface area contributed by atoms with Crippen molar-refractivity contribution < 1.29 is 4.79 Å². The summed E-state index contributed by atoms with van der Waals surface area (Å²) in [5, 5.41) is 0. The molecule has 0 N–H and O–H groups in total. The molecule has 0 aromatic heterocycles. The van der Waals surface area contributed by atoms with Crippen molar-refractivity contribution in [1.29, 1.82) is 0 Å². The molecule has 2 nitrogen and oxygen atoms in total. The quantitative estimate of drug-likeness (QED) is 0.704. The molecule has 102 valence electrons. The second kappa shape index (κ2) is 4.48. The Morgan fingerprint density at radius 2 is 1.50 bits per heavy atom. The number of nitrogens with zero attached hydrogens (tertiary/aromatic N) is 1. The maximum absolute atomic E-state index is 13.0. The monoisotopic (exact) mass is 265 g/mol. The number of anilines is 1. The van der Waals surface area contributed by atoms with E-state index in [9.17, 15) is 4.79 Å². The number of carbonyl (C=O) groups is 1. The van der Waals surface area contributed by atoms with Crippen molar-refractivity contribution in [3.8, 4) is 0 Å². The third kappa shape index (κ3) is 2.01. The van der Waals surface area contributed by atoms with Gasteiger partial charge in [-0.25, -0.2) is 0 Å². The van der Waals surface area contributed by atoms with Crippen LogP contribution in [-0.4, -0.2) is 11.4 Å². The van der Waals surface area contributed by atoms with Crippen molar-refractivity contribution in [3.05, 3.63) is 65.2 Å². The van der Waals surface area contributed by atoms with E-state index in [0.717, 1.165) is 23.2 Å². The van der Waals surface area contributed by atoms with Crippen LogP contribution < -0.4 is 4.90 Å². The molecule has 0 radical (unpaired) electrons. The van der Waals surface area contributed by atoms with Gasteiger partial charge in [0.1, 0.15) is 0 Å². The summed E-state index contributed by atoms with van der Waals surface area (Å²) in [6, 6.07) is 16.1. The van der Waals surface area contributed by atoms with Gasteiger partial charge in [0.2, 0.25) is 0 Å². The van der Waals surface area contributed by atoms with Gasteiger partial charge in [-0.3, -0.25) is 4.79 Å². The summed E-state index contributed by atoms with van der Waals surface area (Å²) in [6.45, 7) is 6.24. The van der Waals surface area contributed by atoms with Gasteiger partial charge in [-0.1, -0.05) is 36.4 Å². The van der Waals surface area contributed by atoms with Crippen LogP contribution in [0.25, 0.3) is 0 Å². The summed E-state index contributed by atoms with van der Waals surface area (Å²) < 4.78 is 0. The molecule has 0 atom stereocenters. The Kier molecular flexibility index (Phi) is 2.89. The minimum absolute atomic E-state index is 0.0954. The Bertz CT molecular complexity index is 667. The Morgan fingerprint density at radius 3 is 2.20 bits per heavy atom. The van der Waals surface area contributed by atoms with E-state index in [-0.39, 0.29) is 11.4 Å². The topological polar surface area (TPSA) is 20.3 Å². The minimum Gasteiger partial charge on any atom is -0.303 e. The number of para-hydroxylation sites is 1. The molecular weight excluding hydrogens is 246 g/mol. The molecule has 0 bridgehead atoms. The van der Waals surface area contributed by atoms with Gasteiger partial charge in [0.05, 0.1) is 0 Å². The highest BCUT2D eigenvalue weighted by Gasteiger charge is 2.33. The highest BCUT2D eigenvalue weighted by Crippen LogP contribution is 2.34. The summed E-state index contributed by atoms with van der Waals surface area (Å²) in [6.07, 6.45) is 0.810. The molecule has 0 unspecified atom stereocenters. The summed E-state index contributed by atoms with van der Waals surface area (Å²) in [5.41, 5.74) is 3.92. The van der Waals surface area contributed by atoms with Gasteiger partial charge in [0.15, 0.2) is 0 Å². The highest BCUT2D eigenvalue weighted by atomic mass is 16.2. The SMILES string of the molecule is CC(C)(C)N1C(=O)c2ccccc2Cc2ccccc21. The number of rotatable bonds is 0. The van der Waals surface area contributed by atoms with Crippen LogP contribution in [0.3, 0.4) is 0 Å². The van der Waals surface area contributed by atoms with Crippen molar-refractivity contribution in [2.45, 2.75) is 32.7 Å². The number of benzene rings is 2. The number of hydrogen-bond donors (Lipinski definition) is 0. The Hall–Kier alpha value is -2.09. The molecule has 0 saturated carbocycles. The van der Waals surface area contributed by atoms with Crippen LogP contribution in [0.1, 0.15) is 42.3 Å². The minimum atomic E-state index is -0.245. The second-order valence-electron chi connectivity index (χ2n) is 6.27. The zero-order valence-corrected chi connectivity index (χ0v) is 12.2. The lowest BCUT2D eigenvalue weighted by molar-refractivity contribution is 0.0966. The number of hydrogen-bond acceptors (Lipinski definition) is 1. The molecule has 1 aliphatic rings. The molecule has 1 amide bonds. The van der Waals surface area contributed by atoms with Crippen LogP contribution in [0.15, 0.2) is 48.5 Å². The van der Waals surface area contributed by atoms with Gasteiger partial charge in [-0.05, 0) is 44.0 Å². The zero-order chi connectivity index (χ0) is 14.3. The van der Waals surface area contributed by atoms with E-state index in [1.807, 2.05) is 41.3 Å². The highest BCUT2D eigenvalue weighted by molar-refractivity contribution is 6.09. The van der Waals surface area contributed by atoms with Gasteiger partial charge in [-0.2, -0.15) is 0 Å². The lowest BCUT2D eigenvalue weighted by atomic mass is 10.0. The van der Waals surface area contributed by atoms with E-state index < -0.39 is 0 Å². The number of amides is 1. The molecule has 0 fully saturated rings. The van der Waals surface area contributed by atoms with Crippen LogP contribution in [0.4, 0.5) is 5.69 Å². The first-order valence-electron chi connectivity index (χ1n) is 6.99. The third-order valence-electron chi connectivity index (χ3n) is 3.74. The smallest absolute Gasteiger partial charge is 0.259 e. The van der Waals surface area contributed by atoms with Gasteiger partial charge in [0, 0.05) is 23.2 Å². The molecule has 2 heteroatoms. The maximum atomic E-state index is 13.0. The van der Waals surface area contributed by atoms with E-state index in [0.29, 0.717) is 0 Å². The lowest BCUT2D eigenvalue weighted by Gasteiger charge is -2.36. The van der Waals surface area contributed by atoms with Gasteiger partial charge in [0.25, 0.3) is 5.91 Å². The first kappa shape index (κ1) is 12.9. The Morgan fingerprint density at radius 1 is 0.900 bits per heavy atom. The fourth-order valence-corrected chi connectivity index (χ4v) is 2.86. The van der Waals surface area contributed by atoms with Crippen molar-refractivity contribution in [2.75, 3.05) is 4.90 Å². The molecule has 0 saturated heterocycles. The van der Waals surface area contributed by atoms with Crippen molar-refractivity contribution in [1.82, 2.24) is 0 Å². The van der Waals surface area contributed by atoms with Gasteiger partial charge >= 0.3 is 0 Å². The van der Waals surface area contributed by atoms with Crippen molar-refractivity contribution >= 4 is 11.6 Å². The van der Waals surface area contributed by atoms with E-state index >= 15 is 0 Å². The molecule has 1 heterocycles. The molecular formula is C18H19NO. The predicted octanol–water partition coefficient (Wildman–Crippen LogP) is 4.04. The average molecular weight is 265 g/mol. The van der Waals surface area contributed by atoms with Crippen LogP contribution in [0.2, 0.25) is 0 Å². The lowest BCUT2D eigenvalue weighted by Crippen LogP contribution is -2.46. The number of fused-ring (bicyclic) bond motifs is 2. The fraction of sp³-hybridized carbons (Fsp3) is 0.278. The van der Waals surface area contributed by atoms with Gasteiger partial charge < -0.3 is 4.90 Å². The van der Waals surface area contributed by atoms with Crippen LogP contribution >= 0.6 is 0 Å². The molecule has 2 aromatic rings. The normalized spacial score (nSPS) is 14.6. The first-order valence-corrected chi connectivity index (χ1v) is 6.99. The average Bonchev–Trinajstić information content (AvgIpc) is 2.52. The largest absolute Gasteiger partial charge is 0.303 e. The molecule has 0 aliphatic carbocycles. The predicted molar refractivity (Wildman–Crippen MR) is 82.3 cm³/mol. The molecule has 1 aliphatic heterocycles. The Labute approximate surface area is 120 Å². The second-order valence-corrected chi connectivity index (χ2v) is 6.27. The Balaban J connectivity index is 2.27. The van der Waals surface area contributed by atoms with E-state index in [2.05, 4.69) is 32.9 Å². The fourth-order valence-electron chi connectivity index (χ4n) is 2.86. The molecule has 2 aromatic carbocycles. The maximum Gasteiger partial charge on any atom is 0.259 e. The van der Waals surface area contributed by atoms with Crippen molar-refractivity contribution in [3.63, 3.8) is 0 Å². The van der Waals surface area contributed by atoms with E-state index in [4.69, 9.17) is 0 Å². The summed E-state index contributed by atoms with van der Waals surface area (Å²) in [7, 11) is 0. The van der Waals surface area contributed by atoms with Crippen LogP contribution in [-0.2, 0) is 6.42 Å². The van der Waals surface area contributed by atoms with E-state index in [1.165, 1.54) is 5.56 Å². The van der Waals surface area contributed by atoms with Crippen LogP contribution in [0.5, 0.6) is 0 Å². The standard InChI is InChI=1S/C18H19NO/c1-18(2,3)19-16-11-7-5-9-14(16)12-13-8-4-6-10-15(13)17(19)20/h4-11H,12H2,1-3H3. The molecule has 20 heavy (non-hydrogen) atoms. The summed E-state index contributed by atoms with van der Waals surface area (Å²) in [4.78, 5) is 14.9. The first-order chi connectivity index (χ1) is 9.48. The van der Waals surface area contributed by atoms with E-state index in [1.54, 1.807) is 0 Å². The summed E-state index contributed by atoms with van der Waals surface area (Å²) >= 11 is 0. The number of carbonyl (C=O) groups excluding carboxylic acids is 1. The third-order valence-corrected chi connectivity index (χ3v) is 3.74. The molecule has 3 rings (SSSR count). The summed E-state index contributed by atoms with van der Waals surface area (Å²) in [5.74, 6) is 0.0954. The van der Waals surface area contributed by atoms with Gasteiger partial charge in [-0.15, -0.1) is 0 Å². The molecule has 0 spiro atoms. The zero-order valence-electron chi connectivity index (χ0n) is 12.2.